The smallest absolute Gasteiger partial charge is 0.0558 e. The number of hydrogen-bond acceptors (Lipinski definition) is 4. The number of anilines is 2. The minimum atomic E-state index is 1.03. The van der Waals surface area contributed by atoms with Gasteiger partial charge in [0.05, 0.1) is 23.8 Å². The van der Waals surface area contributed by atoms with Crippen molar-refractivity contribution in [3.05, 3.63) is 36.4 Å². The van der Waals surface area contributed by atoms with Crippen molar-refractivity contribution in [1.29, 1.82) is 0 Å². The van der Waals surface area contributed by atoms with Crippen LogP contribution in [0.15, 0.2) is 30.7 Å². The number of nitrogens with one attached hydrogen (secondary N) is 1. The molecule has 0 spiro atoms. The standard InChI is InChI=1S/C17H22N4/c1-13-17(9-15(18-2)11-20-13)14-8-16(12-19-10-14)21-6-4-3-5-7-21/h8-12,18H,3-7H2,1-2H3. The fourth-order valence-corrected chi connectivity index (χ4v) is 2.86. The van der Waals surface area contributed by atoms with Gasteiger partial charge in [-0.3, -0.25) is 9.97 Å². The molecule has 1 saturated heterocycles. The summed E-state index contributed by atoms with van der Waals surface area (Å²) in [5.41, 5.74) is 5.57. The fourth-order valence-electron chi connectivity index (χ4n) is 2.86. The highest BCUT2D eigenvalue weighted by Crippen LogP contribution is 2.28. The Kier molecular flexibility index (Phi) is 4.04. The lowest BCUT2D eigenvalue weighted by Gasteiger charge is -2.28. The van der Waals surface area contributed by atoms with Crippen LogP contribution in [-0.4, -0.2) is 30.1 Å². The zero-order valence-electron chi connectivity index (χ0n) is 12.8. The zero-order chi connectivity index (χ0) is 14.7. The predicted molar refractivity (Wildman–Crippen MR) is 87.8 cm³/mol. The minimum Gasteiger partial charge on any atom is -0.387 e. The van der Waals surface area contributed by atoms with Crippen molar-refractivity contribution in [2.24, 2.45) is 0 Å². The van der Waals surface area contributed by atoms with Crippen LogP contribution in [0.5, 0.6) is 0 Å². The molecule has 2 aromatic rings. The molecule has 0 aliphatic carbocycles. The van der Waals surface area contributed by atoms with Crippen LogP contribution in [-0.2, 0) is 0 Å². The fraction of sp³-hybridized carbons (Fsp3) is 0.412. The maximum Gasteiger partial charge on any atom is 0.0558 e. The van der Waals surface area contributed by atoms with E-state index in [2.05, 4.69) is 32.3 Å². The van der Waals surface area contributed by atoms with Crippen LogP contribution in [0.3, 0.4) is 0 Å². The van der Waals surface area contributed by atoms with Gasteiger partial charge in [0, 0.05) is 43.2 Å². The summed E-state index contributed by atoms with van der Waals surface area (Å²) in [5.74, 6) is 0. The highest BCUT2D eigenvalue weighted by Gasteiger charge is 2.13. The van der Waals surface area contributed by atoms with Gasteiger partial charge < -0.3 is 10.2 Å². The van der Waals surface area contributed by atoms with Crippen LogP contribution in [0.2, 0.25) is 0 Å². The second kappa shape index (κ2) is 6.12. The summed E-state index contributed by atoms with van der Waals surface area (Å²) in [4.78, 5) is 11.3. The van der Waals surface area contributed by atoms with Crippen molar-refractivity contribution < 1.29 is 0 Å². The van der Waals surface area contributed by atoms with Crippen LogP contribution in [0, 0.1) is 6.92 Å². The van der Waals surface area contributed by atoms with E-state index in [9.17, 15) is 0 Å². The molecule has 1 aliphatic rings. The normalized spacial score (nSPS) is 15.0. The number of rotatable bonds is 3. The van der Waals surface area contributed by atoms with Crippen molar-refractivity contribution in [2.45, 2.75) is 26.2 Å². The number of aromatic nitrogens is 2. The van der Waals surface area contributed by atoms with Gasteiger partial charge >= 0.3 is 0 Å². The molecule has 3 heterocycles. The Balaban J connectivity index is 1.95. The van der Waals surface area contributed by atoms with E-state index in [-0.39, 0.29) is 0 Å². The molecular weight excluding hydrogens is 260 g/mol. The van der Waals surface area contributed by atoms with Crippen molar-refractivity contribution in [1.82, 2.24) is 9.97 Å². The van der Waals surface area contributed by atoms with E-state index in [1.807, 2.05) is 32.6 Å². The van der Waals surface area contributed by atoms with E-state index in [0.29, 0.717) is 0 Å². The van der Waals surface area contributed by atoms with E-state index in [1.54, 1.807) is 0 Å². The third-order valence-corrected chi connectivity index (χ3v) is 4.13. The van der Waals surface area contributed by atoms with Gasteiger partial charge in [-0.1, -0.05) is 0 Å². The van der Waals surface area contributed by atoms with Crippen LogP contribution < -0.4 is 10.2 Å². The van der Waals surface area contributed by atoms with Crippen molar-refractivity contribution in [2.75, 3.05) is 30.4 Å². The quantitative estimate of drug-likeness (QED) is 0.935. The lowest BCUT2D eigenvalue weighted by molar-refractivity contribution is 0.577. The third-order valence-electron chi connectivity index (χ3n) is 4.13. The zero-order valence-corrected chi connectivity index (χ0v) is 12.8. The average Bonchev–Trinajstić information content (AvgIpc) is 2.56. The highest BCUT2D eigenvalue weighted by atomic mass is 15.1. The molecule has 21 heavy (non-hydrogen) atoms. The molecule has 110 valence electrons. The van der Waals surface area contributed by atoms with E-state index in [4.69, 9.17) is 0 Å². The van der Waals surface area contributed by atoms with Gasteiger partial charge in [-0.2, -0.15) is 0 Å². The summed E-state index contributed by atoms with van der Waals surface area (Å²) in [7, 11) is 1.92. The molecule has 0 bridgehead atoms. The van der Waals surface area contributed by atoms with Gasteiger partial charge in [0.25, 0.3) is 0 Å². The molecule has 3 rings (SSSR count). The molecule has 0 radical (unpaired) electrons. The third kappa shape index (κ3) is 2.99. The Morgan fingerprint density at radius 1 is 1.05 bits per heavy atom. The molecule has 4 nitrogen and oxygen atoms in total. The molecule has 0 atom stereocenters. The van der Waals surface area contributed by atoms with Crippen molar-refractivity contribution in [3.63, 3.8) is 0 Å². The Morgan fingerprint density at radius 2 is 1.86 bits per heavy atom. The molecule has 0 saturated carbocycles. The average molecular weight is 282 g/mol. The first-order valence-electron chi connectivity index (χ1n) is 7.62. The van der Waals surface area contributed by atoms with E-state index in [1.165, 1.54) is 24.9 Å². The van der Waals surface area contributed by atoms with E-state index >= 15 is 0 Å². The molecule has 1 aliphatic heterocycles. The number of piperidine rings is 1. The number of aryl methyl sites for hydroxylation is 1. The summed E-state index contributed by atoms with van der Waals surface area (Å²) < 4.78 is 0. The Bertz CT molecular complexity index is 618. The minimum absolute atomic E-state index is 1.03. The second-order valence-electron chi connectivity index (χ2n) is 5.59. The first-order chi connectivity index (χ1) is 10.3. The van der Waals surface area contributed by atoms with Gasteiger partial charge in [0.1, 0.15) is 0 Å². The van der Waals surface area contributed by atoms with Gasteiger partial charge in [0.15, 0.2) is 0 Å². The lowest BCUT2D eigenvalue weighted by atomic mass is 10.0. The molecule has 4 heteroatoms. The van der Waals surface area contributed by atoms with Crippen LogP contribution in [0.1, 0.15) is 25.0 Å². The van der Waals surface area contributed by atoms with Gasteiger partial charge in [-0.15, -0.1) is 0 Å². The first-order valence-corrected chi connectivity index (χ1v) is 7.62. The maximum atomic E-state index is 4.46. The summed E-state index contributed by atoms with van der Waals surface area (Å²) in [5, 5.41) is 3.15. The summed E-state index contributed by atoms with van der Waals surface area (Å²) in [6.07, 6.45) is 9.66. The van der Waals surface area contributed by atoms with Gasteiger partial charge in [-0.25, -0.2) is 0 Å². The second-order valence-corrected chi connectivity index (χ2v) is 5.59. The Labute approximate surface area is 126 Å². The van der Waals surface area contributed by atoms with Gasteiger partial charge in [0.2, 0.25) is 0 Å². The first kappa shape index (κ1) is 13.9. The molecule has 1 N–H and O–H groups in total. The predicted octanol–water partition coefficient (Wildman–Crippen LogP) is 3.48. The Hall–Kier alpha value is -2.10. The van der Waals surface area contributed by atoms with Gasteiger partial charge in [-0.05, 0) is 38.3 Å². The Morgan fingerprint density at radius 3 is 2.62 bits per heavy atom. The molecular formula is C17H22N4. The summed E-state index contributed by atoms with van der Waals surface area (Å²) >= 11 is 0. The molecule has 2 aromatic heterocycles. The topological polar surface area (TPSA) is 41.1 Å². The summed E-state index contributed by atoms with van der Waals surface area (Å²) in [6, 6.07) is 4.38. The van der Waals surface area contributed by atoms with Crippen molar-refractivity contribution in [3.8, 4) is 11.1 Å². The molecule has 1 fully saturated rings. The SMILES string of the molecule is CNc1cnc(C)c(-c2cncc(N3CCCCC3)c2)c1. The maximum absolute atomic E-state index is 4.46. The van der Waals surface area contributed by atoms with Crippen LogP contribution >= 0.6 is 0 Å². The molecule has 0 unspecified atom stereocenters. The van der Waals surface area contributed by atoms with Crippen LogP contribution in [0.25, 0.3) is 11.1 Å². The number of pyridine rings is 2. The number of nitrogens with zero attached hydrogens (tertiary/aromatic N) is 3. The van der Waals surface area contributed by atoms with Crippen LogP contribution in [0.4, 0.5) is 11.4 Å². The largest absolute Gasteiger partial charge is 0.387 e. The summed E-state index contributed by atoms with van der Waals surface area (Å²) in [6.45, 7) is 4.32. The highest BCUT2D eigenvalue weighted by molar-refractivity contribution is 5.72. The molecule has 0 amide bonds. The lowest BCUT2D eigenvalue weighted by Crippen LogP contribution is -2.29. The van der Waals surface area contributed by atoms with E-state index < -0.39 is 0 Å². The van der Waals surface area contributed by atoms with Crippen molar-refractivity contribution >= 4 is 11.4 Å². The monoisotopic (exact) mass is 282 g/mol. The number of hydrogen-bond donors (Lipinski definition) is 1. The molecule has 0 aromatic carbocycles. The van der Waals surface area contributed by atoms with E-state index in [0.717, 1.165) is 35.6 Å².